The summed E-state index contributed by atoms with van der Waals surface area (Å²) in [4.78, 5) is 0. The Balaban J connectivity index is 2.49. The van der Waals surface area contributed by atoms with Crippen molar-refractivity contribution in [1.82, 2.24) is 0 Å². The smallest absolute Gasteiger partial charge is 0.157 e. The van der Waals surface area contributed by atoms with E-state index >= 15 is 0 Å². The van der Waals surface area contributed by atoms with Crippen LogP contribution in [0, 0.1) is 0 Å². The lowest BCUT2D eigenvalue weighted by atomic mass is 10.2. The molecule has 0 bridgehead atoms. The van der Waals surface area contributed by atoms with E-state index in [9.17, 15) is 13.5 Å². The molecule has 0 aromatic heterocycles. The van der Waals surface area contributed by atoms with Gasteiger partial charge in [-0.2, -0.15) is 0 Å². The molecule has 0 aliphatic heterocycles. The first kappa shape index (κ1) is 15.1. The highest BCUT2D eigenvalue weighted by Crippen LogP contribution is 2.07. The molecule has 4 nitrogen and oxygen atoms in total. The molecule has 1 aromatic carbocycles. The summed E-state index contributed by atoms with van der Waals surface area (Å²) >= 11 is 0. The number of sulfone groups is 1. The lowest BCUT2D eigenvalue weighted by molar-refractivity contribution is 0.0146. The molecule has 0 fully saturated rings. The van der Waals surface area contributed by atoms with Crippen LogP contribution in [-0.4, -0.2) is 38.1 Å². The molecule has 0 unspecified atom stereocenters. The third kappa shape index (κ3) is 6.14. The second kappa shape index (κ2) is 6.87. The Morgan fingerprint density at radius 3 is 2.39 bits per heavy atom. The van der Waals surface area contributed by atoms with Crippen LogP contribution < -0.4 is 0 Å². The highest BCUT2D eigenvalue weighted by molar-refractivity contribution is 7.90. The Bertz CT molecular complexity index is 439. The van der Waals surface area contributed by atoms with Crippen LogP contribution in [0.4, 0.5) is 0 Å². The molecule has 0 heterocycles. The molecule has 0 radical (unpaired) electrons. The Hall–Kier alpha value is -0.910. The van der Waals surface area contributed by atoms with E-state index in [2.05, 4.69) is 0 Å². The summed E-state index contributed by atoms with van der Waals surface area (Å²) in [5.74, 6) is -0.318. The predicted octanol–water partition coefficient (Wildman–Crippen LogP) is 1.39. The van der Waals surface area contributed by atoms with Crippen LogP contribution in [-0.2, 0) is 20.3 Å². The highest BCUT2D eigenvalue weighted by Gasteiger charge is 2.18. The minimum atomic E-state index is -3.31. The van der Waals surface area contributed by atoms with Crippen LogP contribution in [0.5, 0.6) is 0 Å². The molecule has 0 saturated carbocycles. The minimum Gasteiger partial charge on any atom is -0.390 e. The van der Waals surface area contributed by atoms with Gasteiger partial charge in [0.2, 0.25) is 0 Å². The van der Waals surface area contributed by atoms with E-state index in [1.807, 2.05) is 19.9 Å². The minimum absolute atomic E-state index is 0.0172. The molecule has 18 heavy (non-hydrogen) atoms. The lowest BCUT2D eigenvalue weighted by Crippen LogP contribution is -2.27. The first-order valence-electron chi connectivity index (χ1n) is 5.93. The van der Waals surface area contributed by atoms with Gasteiger partial charge >= 0.3 is 0 Å². The van der Waals surface area contributed by atoms with Crippen molar-refractivity contribution >= 4 is 9.84 Å². The van der Waals surface area contributed by atoms with Crippen LogP contribution in [0.15, 0.2) is 30.3 Å². The van der Waals surface area contributed by atoms with Crippen LogP contribution in [0.2, 0.25) is 0 Å². The van der Waals surface area contributed by atoms with Crippen LogP contribution >= 0.6 is 0 Å². The third-order valence-electron chi connectivity index (χ3n) is 2.30. The van der Waals surface area contributed by atoms with Gasteiger partial charge in [-0.05, 0) is 19.4 Å². The topological polar surface area (TPSA) is 63.6 Å². The number of rotatable bonds is 7. The van der Waals surface area contributed by atoms with Crippen LogP contribution in [0.25, 0.3) is 0 Å². The fraction of sp³-hybridized carbons (Fsp3) is 0.538. The zero-order chi connectivity index (χ0) is 13.6. The van der Waals surface area contributed by atoms with Gasteiger partial charge in [-0.3, -0.25) is 0 Å². The number of ether oxygens (including phenoxy) is 1. The average Bonchev–Trinajstić information content (AvgIpc) is 2.26. The maximum atomic E-state index is 11.8. The molecule has 0 aliphatic rings. The van der Waals surface area contributed by atoms with Crippen molar-refractivity contribution in [2.24, 2.45) is 0 Å². The lowest BCUT2D eigenvalue weighted by Gasteiger charge is -2.13. The summed E-state index contributed by atoms with van der Waals surface area (Å²) in [6.45, 7) is 3.72. The van der Waals surface area contributed by atoms with Gasteiger partial charge in [0.25, 0.3) is 0 Å². The standard InChI is InChI=1S/C13H20O4S/c1-11(2)17-8-13(14)10-18(15,16)9-12-6-4-3-5-7-12/h3-7,11,13-14H,8-10H2,1-2H3/t13-/m1/s1. The predicted molar refractivity (Wildman–Crippen MR) is 71.0 cm³/mol. The molecule has 0 spiro atoms. The number of hydrogen-bond donors (Lipinski definition) is 1. The summed E-state index contributed by atoms with van der Waals surface area (Å²) in [5, 5.41) is 9.61. The summed E-state index contributed by atoms with van der Waals surface area (Å²) in [6, 6.07) is 8.94. The molecule has 0 amide bonds. The van der Waals surface area contributed by atoms with Crippen molar-refractivity contribution in [2.45, 2.75) is 31.8 Å². The molecule has 1 atom stereocenters. The quantitative estimate of drug-likeness (QED) is 0.814. The van der Waals surface area contributed by atoms with Gasteiger partial charge in [-0.25, -0.2) is 8.42 Å². The number of hydrogen-bond acceptors (Lipinski definition) is 4. The molecular weight excluding hydrogens is 252 g/mol. The Kier molecular flexibility index (Phi) is 5.78. The molecule has 1 rings (SSSR count). The monoisotopic (exact) mass is 272 g/mol. The largest absolute Gasteiger partial charge is 0.390 e. The Labute approximate surface area is 109 Å². The molecule has 102 valence electrons. The number of aliphatic hydroxyl groups is 1. The van der Waals surface area contributed by atoms with Gasteiger partial charge in [0, 0.05) is 0 Å². The van der Waals surface area contributed by atoms with E-state index < -0.39 is 15.9 Å². The second-order valence-corrected chi connectivity index (χ2v) is 6.69. The molecule has 5 heteroatoms. The second-order valence-electron chi connectivity index (χ2n) is 4.58. The zero-order valence-corrected chi connectivity index (χ0v) is 11.6. The fourth-order valence-electron chi connectivity index (χ4n) is 1.53. The van der Waals surface area contributed by atoms with E-state index in [-0.39, 0.29) is 24.2 Å². The first-order chi connectivity index (χ1) is 8.39. The Morgan fingerprint density at radius 2 is 1.83 bits per heavy atom. The van der Waals surface area contributed by atoms with Crippen molar-refractivity contribution in [3.63, 3.8) is 0 Å². The van der Waals surface area contributed by atoms with Crippen molar-refractivity contribution in [3.05, 3.63) is 35.9 Å². The van der Waals surface area contributed by atoms with Gasteiger partial charge in [0.05, 0.1) is 30.3 Å². The van der Waals surface area contributed by atoms with Crippen molar-refractivity contribution in [3.8, 4) is 0 Å². The van der Waals surface area contributed by atoms with Crippen LogP contribution in [0.3, 0.4) is 0 Å². The van der Waals surface area contributed by atoms with Crippen molar-refractivity contribution in [2.75, 3.05) is 12.4 Å². The SMILES string of the molecule is CC(C)OC[C@@H](O)CS(=O)(=O)Cc1ccccc1. The molecule has 1 N–H and O–H groups in total. The van der Waals surface area contributed by atoms with Crippen LogP contribution in [0.1, 0.15) is 19.4 Å². The summed E-state index contributed by atoms with van der Waals surface area (Å²) < 4.78 is 28.9. The number of benzene rings is 1. The van der Waals surface area contributed by atoms with Gasteiger partial charge in [-0.15, -0.1) is 0 Å². The highest BCUT2D eigenvalue weighted by atomic mass is 32.2. The molecular formula is C13H20O4S. The maximum absolute atomic E-state index is 11.8. The number of aliphatic hydroxyl groups excluding tert-OH is 1. The third-order valence-corrected chi connectivity index (χ3v) is 3.96. The fourth-order valence-corrected chi connectivity index (χ4v) is 3.03. The van der Waals surface area contributed by atoms with E-state index in [1.165, 1.54) is 0 Å². The van der Waals surface area contributed by atoms with Gasteiger partial charge in [0.1, 0.15) is 0 Å². The first-order valence-corrected chi connectivity index (χ1v) is 7.75. The maximum Gasteiger partial charge on any atom is 0.157 e. The van der Waals surface area contributed by atoms with Crippen molar-refractivity contribution < 1.29 is 18.3 Å². The molecule has 0 aliphatic carbocycles. The normalized spacial score (nSPS) is 13.8. The molecule has 1 aromatic rings. The zero-order valence-electron chi connectivity index (χ0n) is 10.7. The average molecular weight is 272 g/mol. The summed E-state index contributed by atoms with van der Waals surface area (Å²) in [6.07, 6.45) is -0.988. The van der Waals surface area contributed by atoms with Crippen molar-refractivity contribution in [1.29, 1.82) is 0 Å². The van der Waals surface area contributed by atoms with E-state index in [0.717, 1.165) is 5.56 Å². The van der Waals surface area contributed by atoms with Gasteiger partial charge in [-0.1, -0.05) is 30.3 Å². The molecule has 0 saturated heterocycles. The summed E-state index contributed by atoms with van der Waals surface area (Å²) in [5.41, 5.74) is 0.731. The Morgan fingerprint density at radius 1 is 1.22 bits per heavy atom. The van der Waals surface area contributed by atoms with E-state index in [0.29, 0.717) is 0 Å². The van der Waals surface area contributed by atoms with Gasteiger partial charge < -0.3 is 9.84 Å². The van der Waals surface area contributed by atoms with E-state index in [1.54, 1.807) is 24.3 Å². The van der Waals surface area contributed by atoms with Gasteiger partial charge in [0.15, 0.2) is 9.84 Å². The van der Waals surface area contributed by atoms with E-state index in [4.69, 9.17) is 4.74 Å². The summed E-state index contributed by atoms with van der Waals surface area (Å²) in [7, 11) is -3.31.